The molecule has 0 atom stereocenters. The van der Waals surface area contributed by atoms with Crippen LogP contribution in [-0.2, 0) is 0 Å². The number of thiocarbonyl (C=S) groups is 1. The van der Waals surface area contributed by atoms with Crippen molar-refractivity contribution in [1.29, 1.82) is 0 Å². The van der Waals surface area contributed by atoms with E-state index in [-0.39, 0.29) is 11.0 Å². The fourth-order valence-electron chi connectivity index (χ4n) is 1.92. The zero-order chi connectivity index (χ0) is 17.3. The molecule has 2 aromatic carbocycles. The SMILES string of the molecule is O=C(NC(=S)Nc1nc2c(Cl)c(Cl)ccc2s1)c1cccc(Br)c1. The monoisotopic (exact) mass is 459 g/mol. The van der Waals surface area contributed by atoms with Crippen molar-refractivity contribution in [3.05, 3.63) is 56.5 Å². The zero-order valence-electron chi connectivity index (χ0n) is 11.8. The summed E-state index contributed by atoms with van der Waals surface area (Å²) < 4.78 is 1.68. The normalized spacial score (nSPS) is 10.6. The van der Waals surface area contributed by atoms with Gasteiger partial charge in [-0.05, 0) is 42.5 Å². The summed E-state index contributed by atoms with van der Waals surface area (Å²) in [6.07, 6.45) is 0. The van der Waals surface area contributed by atoms with E-state index in [1.54, 1.807) is 24.3 Å². The van der Waals surface area contributed by atoms with E-state index in [2.05, 4.69) is 31.5 Å². The van der Waals surface area contributed by atoms with Crippen LogP contribution in [0.2, 0.25) is 10.0 Å². The Morgan fingerprint density at radius 1 is 1.25 bits per heavy atom. The van der Waals surface area contributed by atoms with Crippen LogP contribution in [0.5, 0.6) is 0 Å². The fourth-order valence-corrected chi connectivity index (χ4v) is 3.87. The number of nitrogens with one attached hydrogen (secondary N) is 2. The average Bonchev–Trinajstić information content (AvgIpc) is 2.94. The Morgan fingerprint density at radius 3 is 2.79 bits per heavy atom. The third-order valence-electron chi connectivity index (χ3n) is 2.99. The fraction of sp³-hybridized carbons (Fsp3) is 0. The first-order valence-electron chi connectivity index (χ1n) is 6.56. The molecule has 0 unspecified atom stereocenters. The van der Waals surface area contributed by atoms with Gasteiger partial charge in [0, 0.05) is 10.0 Å². The lowest BCUT2D eigenvalue weighted by atomic mass is 10.2. The number of rotatable bonds is 2. The van der Waals surface area contributed by atoms with Gasteiger partial charge in [0.25, 0.3) is 5.91 Å². The number of carbonyl (C=O) groups excluding carboxylic acids is 1. The first-order chi connectivity index (χ1) is 11.4. The van der Waals surface area contributed by atoms with Crippen molar-refractivity contribution >= 4 is 89.1 Å². The molecule has 0 aliphatic carbocycles. The Morgan fingerprint density at radius 2 is 2.04 bits per heavy atom. The summed E-state index contributed by atoms with van der Waals surface area (Å²) in [5.41, 5.74) is 1.09. The number of anilines is 1. The first kappa shape index (κ1) is 17.6. The highest BCUT2D eigenvalue weighted by Crippen LogP contribution is 2.35. The number of nitrogens with zero attached hydrogens (tertiary/aromatic N) is 1. The van der Waals surface area contributed by atoms with Gasteiger partial charge in [0.05, 0.1) is 14.7 Å². The standard InChI is InChI=1S/C15H8BrCl2N3OS2/c16-8-3-1-2-7(6-8)13(22)20-14(23)21-15-19-12-10(24-15)5-4-9(17)11(12)18/h1-6H,(H2,19,20,21,22,23). The van der Waals surface area contributed by atoms with E-state index in [9.17, 15) is 4.79 Å². The lowest BCUT2D eigenvalue weighted by Gasteiger charge is -2.07. The molecule has 0 fully saturated rings. The van der Waals surface area contributed by atoms with Gasteiger partial charge in [0.15, 0.2) is 10.2 Å². The van der Waals surface area contributed by atoms with E-state index in [1.807, 2.05) is 12.1 Å². The van der Waals surface area contributed by atoms with Crippen molar-refractivity contribution in [3.8, 4) is 0 Å². The highest BCUT2D eigenvalue weighted by atomic mass is 79.9. The second kappa shape index (κ2) is 7.33. The minimum atomic E-state index is -0.309. The van der Waals surface area contributed by atoms with E-state index in [0.29, 0.717) is 26.3 Å². The third kappa shape index (κ3) is 3.87. The maximum Gasteiger partial charge on any atom is 0.257 e. The van der Waals surface area contributed by atoms with Crippen LogP contribution in [0, 0.1) is 0 Å². The molecule has 2 N–H and O–H groups in total. The van der Waals surface area contributed by atoms with E-state index in [4.69, 9.17) is 35.4 Å². The van der Waals surface area contributed by atoms with Crippen molar-refractivity contribution in [1.82, 2.24) is 10.3 Å². The van der Waals surface area contributed by atoms with Gasteiger partial charge in [-0.3, -0.25) is 10.1 Å². The lowest BCUT2D eigenvalue weighted by Crippen LogP contribution is -2.34. The van der Waals surface area contributed by atoms with E-state index in [0.717, 1.165) is 9.17 Å². The molecule has 0 aliphatic heterocycles. The molecule has 1 heterocycles. The summed E-state index contributed by atoms with van der Waals surface area (Å²) >= 11 is 22.0. The number of halogens is 3. The number of hydrogen-bond donors (Lipinski definition) is 2. The maximum atomic E-state index is 12.2. The molecule has 1 aromatic heterocycles. The first-order valence-corrected chi connectivity index (χ1v) is 9.34. The molecule has 3 rings (SSSR count). The summed E-state index contributed by atoms with van der Waals surface area (Å²) in [6, 6.07) is 10.6. The highest BCUT2D eigenvalue weighted by molar-refractivity contribution is 9.10. The Kier molecular flexibility index (Phi) is 5.36. The van der Waals surface area contributed by atoms with E-state index in [1.165, 1.54) is 11.3 Å². The Hall–Kier alpha value is -1.25. The Bertz CT molecular complexity index is 961. The number of hydrogen-bond acceptors (Lipinski definition) is 4. The molecule has 1 amide bonds. The number of benzene rings is 2. The van der Waals surface area contributed by atoms with Crippen LogP contribution < -0.4 is 10.6 Å². The summed E-state index contributed by atoms with van der Waals surface area (Å²) in [6.45, 7) is 0. The largest absolute Gasteiger partial charge is 0.308 e. The van der Waals surface area contributed by atoms with Crippen LogP contribution >= 0.6 is 62.7 Å². The number of carbonyl (C=O) groups is 1. The predicted molar refractivity (Wildman–Crippen MR) is 107 cm³/mol. The van der Waals surface area contributed by atoms with Gasteiger partial charge in [0.1, 0.15) is 5.52 Å². The molecule has 0 bridgehead atoms. The molecule has 3 aromatic rings. The van der Waals surface area contributed by atoms with Crippen molar-refractivity contribution in [2.75, 3.05) is 5.32 Å². The van der Waals surface area contributed by atoms with Crippen molar-refractivity contribution in [3.63, 3.8) is 0 Å². The third-order valence-corrected chi connectivity index (χ3v) is 5.41. The highest BCUT2D eigenvalue weighted by Gasteiger charge is 2.13. The maximum absolute atomic E-state index is 12.2. The van der Waals surface area contributed by atoms with Gasteiger partial charge < -0.3 is 5.32 Å². The van der Waals surface area contributed by atoms with Gasteiger partial charge in [-0.15, -0.1) is 0 Å². The van der Waals surface area contributed by atoms with Crippen molar-refractivity contribution < 1.29 is 4.79 Å². The van der Waals surface area contributed by atoms with Crippen LogP contribution in [0.15, 0.2) is 40.9 Å². The lowest BCUT2D eigenvalue weighted by molar-refractivity contribution is 0.0977. The van der Waals surface area contributed by atoms with Crippen molar-refractivity contribution in [2.24, 2.45) is 0 Å². The molecule has 0 radical (unpaired) electrons. The molecule has 0 saturated carbocycles. The molecule has 122 valence electrons. The zero-order valence-corrected chi connectivity index (χ0v) is 16.5. The Balaban J connectivity index is 1.73. The van der Waals surface area contributed by atoms with Gasteiger partial charge >= 0.3 is 0 Å². The van der Waals surface area contributed by atoms with Crippen LogP contribution in [-0.4, -0.2) is 16.0 Å². The average molecular weight is 461 g/mol. The smallest absolute Gasteiger partial charge is 0.257 e. The van der Waals surface area contributed by atoms with Crippen LogP contribution in [0.25, 0.3) is 10.2 Å². The molecule has 4 nitrogen and oxygen atoms in total. The molecule has 0 aliphatic rings. The van der Waals surface area contributed by atoms with E-state index < -0.39 is 0 Å². The number of aromatic nitrogens is 1. The van der Waals surface area contributed by atoms with Crippen LogP contribution in [0.4, 0.5) is 5.13 Å². The molecular weight excluding hydrogens is 453 g/mol. The Labute approximate surface area is 165 Å². The summed E-state index contributed by atoms with van der Waals surface area (Å²) in [5.74, 6) is -0.309. The molecule has 24 heavy (non-hydrogen) atoms. The minimum Gasteiger partial charge on any atom is -0.308 e. The number of fused-ring (bicyclic) bond motifs is 1. The van der Waals surface area contributed by atoms with Gasteiger partial charge in [0.2, 0.25) is 0 Å². The van der Waals surface area contributed by atoms with Crippen LogP contribution in [0.3, 0.4) is 0 Å². The molecule has 9 heteroatoms. The molecular formula is C15H8BrCl2N3OS2. The summed E-state index contributed by atoms with van der Waals surface area (Å²) in [5, 5.41) is 7.00. The predicted octanol–water partition coefficient (Wildman–Crippen LogP) is 5.49. The minimum absolute atomic E-state index is 0.154. The van der Waals surface area contributed by atoms with Crippen LogP contribution in [0.1, 0.15) is 10.4 Å². The summed E-state index contributed by atoms with van der Waals surface area (Å²) in [7, 11) is 0. The molecule has 0 spiro atoms. The second-order valence-electron chi connectivity index (χ2n) is 4.65. The van der Waals surface area contributed by atoms with Gasteiger partial charge in [-0.25, -0.2) is 4.98 Å². The quantitative estimate of drug-likeness (QED) is 0.496. The van der Waals surface area contributed by atoms with E-state index >= 15 is 0 Å². The molecule has 0 saturated heterocycles. The second-order valence-corrected chi connectivity index (χ2v) is 7.79. The van der Waals surface area contributed by atoms with Gasteiger partial charge in [-0.1, -0.05) is 56.5 Å². The summed E-state index contributed by atoms with van der Waals surface area (Å²) in [4.78, 5) is 16.5. The number of thiazole rings is 1. The van der Waals surface area contributed by atoms with Crippen molar-refractivity contribution in [2.45, 2.75) is 0 Å². The number of amides is 1. The van der Waals surface area contributed by atoms with Gasteiger partial charge in [-0.2, -0.15) is 0 Å². The topological polar surface area (TPSA) is 54.0 Å².